The Morgan fingerprint density at radius 3 is 2.79 bits per heavy atom. The molecule has 4 nitrogen and oxygen atoms in total. The number of nitrogens with zero attached hydrogens (tertiary/aromatic N) is 2. The number of rotatable bonds is 3. The van der Waals surface area contributed by atoms with Crippen LogP contribution in [0.2, 0.25) is 0 Å². The second kappa shape index (κ2) is 5.17. The molecule has 0 bridgehead atoms. The highest BCUT2D eigenvalue weighted by molar-refractivity contribution is 5.90. The van der Waals surface area contributed by atoms with Crippen LogP contribution in [0.4, 0.5) is 8.78 Å². The van der Waals surface area contributed by atoms with E-state index in [1.807, 2.05) is 0 Å². The van der Waals surface area contributed by atoms with E-state index < -0.39 is 17.6 Å². The predicted molar refractivity (Wildman–Crippen MR) is 64.2 cm³/mol. The molecule has 1 aromatic carbocycles. The average molecular weight is 266 g/mol. The molecule has 0 spiro atoms. The van der Waals surface area contributed by atoms with Crippen molar-refractivity contribution in [3.05, 3.63) is 47.3 Å². The van der Waals surface area contributed by atoms with Crippen molar-refractivity contribution < 1.29 is 18.3 Å². The summed E-state index contributed by atoms with van der Waals surface area (Å²) in [5, 5.41) is 3.93. The van der Waals surface area contributed by atoms with Crippen molar-refractivity contribution in [3.63, 3.8) is 0 Å². The number of hydrogen-bond acceptors (Lipinski definition) is 3. The Labute approximate surface area is 108 Å². The van der Waals surface area contributed by atoms with E-state index in [1.165, 1.54) is 16.9 Å². The fraction of sp³-hybridized carbons (Fsp3) is 0.231. The topological polar surface area (TPSA) is 44.1 Å². The molecule has 0 aliphatic rings. The quantitative estimate of drug-likeness (QED) is 0.802. The normalized spacial score (nSPS) is 10.5. The van der Waals surface area contributed by atoms with Gasteiger partial charge in [-0.15, -0.1) is 0 Å². The molecule has 0 aliphatic carbocycles. The van der Waals surface area contributed by atoms with Gasteiger partial charge in [0.1, 0.15) is 17.1 Å². The maximum absolute atomic E-state index is 13.7. The van der Waals surface area contributed by atoms with Crippen LogP contribution in [0.15, 0.2) is 24.4 Å². The molecule has 0 unspecified atom stereocenters. The SMILES string of the molecule is CCOC(=O)c1cnn(-c2ccc(F)cc2F)c1C. The van der Waals surface area contributed by atoms with Crippen LogP contribution >= 0.6 is 0 Å². The van der Waals surface area contributed by atoms with Gasteiger partial charge in [0.15, 0.2) is 5.82 Å². The van der Waals surface area contributed by atoms with Crippen molar-refractivity contribution in [2.45, 2.75) is 13.8 Å². The summed E-state index contributed by atoms with van der Waals surface area (Å²) in [6.07, 6.45) is 1.30. The fourth-order valence-corrected chi connectivity index (χ4v) is 1.71. The lowest BCUT2D eigenvalue weighted by Crippen LogP contribution is -2.07. The summed E-state index contributed by atoms with van der Waals surface area (Å²) in [5.74, 6) is -1.94. The molecule has 0 radical (unpaired) electrons. The van der Waals surface area contributed by atoms with Gasteiger partial charge in [-0.3, -0.25) is 0 Å². The van der Waals surface area contributed by atoms with Crippen molar-refractivity contribution in [1.82, 2.24) is 9.78 Å². The lowest BCUT2D eigenvalue weighted by molar-refractivity contribution is 0.0525. The molecule has 0 amide bonds. The number of carbonyl (C=O) groups is 1. The van der Waals surface area contributed by atoms with E-state index in [9.17, 15) is 13.6 Å². The summed E-state index contributed by atoms with van der Waals surface area (Å²) in [7, 11) is 0. The summed E-state index contributed by atoms with van der Waals surface area (Å²) in [6, 6.07) is 3.16. The van der Waals surface area contributed by atoms with Gasteiger partial charge >= 0.3 is 5.97 Å². The minimum atomic E-state index is -0.749. The first-order valence-electron chi connectivity index (χ1n) is 5.71. The predicted octanol–water partition coefficient (Wildman–Crippen LogP) is 2.64. The lowest BCUT2D eigenvalue weighted by Gasteiger charge is -2.06. The fourth-order valence-electron chi connectivity index (χ4n) is 1.71. The van der Waals surface area contributed by atoms with Crippen LogP contribution in [-0.4, -0.2) is 22.4 Å². The minimum absolute atomic E-state index is 0.0782. The van der Waals surface area contributed by atoms with Crippen LogP contribution in [-0.2, 0) is 4.74 Å². The van der Waals surface area contributed by atoms with Crippen molar-refractivity contribution >= 4 is 5.97 Å². The van der Waals surface area contributed by atoms with E-state index in [4.69, 9.17) is 4.74 Å². The van der Waals surface area contributed by atoms with E-state index in [0.29, 0.717) is 5.69 Å². The van der Waals surface area contributed by atoms with Gasteiger partial charge in [-0.1, -0.05) is 0 Å². The van der Waals surface area contributed by atoms with E-state index in [1.54, 1.807) is 13.8 Å². The second-order valence-electron chi connectivity index (χ2n) is 3.87. The van der Waals surface area contributed by atoms with Gasteiger partial charge in [0.2, 0.25) is 0 Å². The Morgan fingerprint density at radius 1 is 1.42 bits per heavy atom. The van der Waals surface area contributed by atoms with Crippen LogP contribution in [0.5, 0.6) is 0 Å². The van der Waals surface area contributed by atoms with Gasteiger partial charge < -0.3 is 4.74 Å². The van der Waals surface area contributed by atoms with Crippen molar-refractivity contribution in [1.29, 1.82) is 0 Å². The molecule has 2 rings (SSSR count). The lowest BCUT2D eigenvalue weighted by atomic mass is 10.2. The van der Waals surface area contributed by atoms with Crippen LogP contribution < -0.4 is 0 Å². The molecule has 0 N–H and O–H groups in total. The molecule has 2 aromatic rings. The monoisotopic (exact) mass is 266 g/mol. The molecule has 0 aliphatic heterocycles. The Morgan fingerprint density at radius 2 is 2.16 bits per heavy atom. The summed E-state index contributed by atoms with van der Waals surface area (Å²) < 4.78 is 32.6. The van der Waals surface area contributed by atoms with Crippen LogP contribution in [0.3, 0.4) is 0 Å². The number of aromatic nitrogens is 2. The van der Waals surface area contributed by atoms with Gasteiger partial charge in [-0.2, -0.15) is 5.10 Å². The first-order valence-corrected chi connectivity index (χ1v) is 5.71. The van der Waals surface area contributed by atoms with E-state index in [-0.39, 0.29) is 17.9 Å². The molecule has 0 fully saturated rings. The largest absolute Gasteiger partial charge is 0.462 e. The minimum Gasteiger partial charge on any atom is -0.462 e. The molecule has 1 aromatic heterocycles. The smallest absolute Gasteiger partial charge is 0.341 e. The number of halogens is 2. The first kappa shape index (κ1) is 13.2. The van der Waals surface area contributed by atoms with E-state index in [2.05, 4.69) is 5.10 Å². The highest BCUT2D eigenvalue weighted by Gasteiger charge is 2.17. The van der Waals surface area contributed by atoms with Gasteiger partial charge in [0.05, 0.1) is 18.5 Å². The van der Waals surface area contributed by atoms with Crippen LogP contribution in [0, 0.1) is 18.6 Å². The first-order chi connectivity index (χ1) is 9.04. The van der Waals surface area contributed by atoms with Gasteiger partial charge in [-0.25, -0.2) is 18.3 Å². The van der Waals surface area contributed by atoms with E-state index >= 15 is 0 Å². The third-order valence-corrected chi connectivity index (χ3v) is 2.64. The summed E-state index contributed by atoms with van der Waals surface area (Å²) in [6.45, 7) is 3.55. The molecule has 19 heavy (non-hydrogen) atoms. The van der Waals surface area contributed by atoms with Crippen LogP contribution in [0.25, 0.3) is 5.69 Å². The number of ether oxygens (including phenoxy) is 1. The zero-order valence-electron chi connectivity index (χ0n) is 10.5. The van der Waals surface area contributed by atoms with Gasteiger partial charge in [0, 0.05) is 6.07 Å². The number of esters is 1. The molecule has 0 saturated carbocycles. The molecular weight excluding hydrogens is 254 g/mol. The standard InChI is InChI=1S/C13H12F2N2O2/c1-3-19-13(18)10-7-16-17(8(10)2)12-5-4-9(14)6-11(12)15/h4-7H,3H2,1-2H3. The van der Waals surface area contributed by atoms with Crippen molar-refractivity contribution in [2.75, 3.05) is 6.61 Å². The zero-order valence-corrected chi connectivity index (χ0v) is 10.5. The molecule has 6 heteroatoms. The molecule has 0 atom stereocenters. The highest BCUT2D eigenvalue weighted by atomic mass is 19.1. The Hall–Kier alpha value is -2.24. The number of hydrogen-bond donors (Lipinski definition) is 0. The second-order valence-corrected chi connectivity index (χ2v) is 3.87. The third-order valence-electron chi connectivity index (χ3n) is 2.64. The van der Waals surface area contributed by atoms with Crippen LogP contribution in [0.1, 0.15) is 23.0 Å². The maximum Gasteiger partial charge on any atom is 0.341 e. The maximum atomic E-state index is 13.7. The Bertz CT molecular complexity index is 623. The molecule has 100 valence electrons. The Kier molecular flexibility index (Phi) is 3.59. The molecule has 0 saturated heterocycles. The Balaban J connectivity index is 2.44. The van der Waals surface area contributed by atoms with E-state index in [0.717, 1.165) is 12.1 Å². The van der Waals surface area contributed by atoms with Gasteiger partial charge in [0.25, 0.3) is 0 Å². The summed E-state index contributed by atoms with van der Waals surface area (Å²) in [5.41, 5.74) is 0.768. The number of benzene rings is 1. The summed E-state index contributed by atoms with van der Waals surface area (Å²) in [4.78, 5) is 11.6. The molecular formula is C13H12F2N2O2. The van der Waals surface area contributed by atoms with Crippen molar-refractivity contribution in [3.8, 4) is 5.69 Å². The molecule has 1 heterocycles. The average Bonchev–Trinajstić information content (AvgIpc) is 2.72. The zero-order chi connectivity index (χ0) is 14.0. The highest BCUT2D eigenvalue weighted by Crippen LogP contribution is 2.18. The third kappa shape index (κ3) is 2.47. The van der Waals surface area contributed by atoms with Crippen molar-refractivity contribution in [2.24, 2.45) is 0 Å². The summed E-state index contributed by atoms with van der Waals surface area (Å²) >= 11 is 0. The number of carbonyl (C=O) groups excluding carboxylic acids is 1. The van der Waals surface area contributed by atoms with Gasteiger partial charge in [-0.05, 0) is 26.0 Å².